The van der Waals surface area contributed by atoms with Crippen molar-refractivity contribution in [3.8, 4) is 0 Å². The fraction of sp³-hybridized carbons (Fsp3) is 0.933. The Bertz CT molecular complexity index is 304. The normalized spacial score (nSPS) is 22.5. The summed E-state index contributed by atoms with van der Waals surface area (Å²) in [6.07, 6.45) is 2.62. The van der Waals surface area contributed by atoms with Crippen LogP contribution in [0.25, 0.3) is 0 Å². The maximum atomic E-state index is 4.76. The van der Waals surface area contributed by atoms with Gasteiger partial charge < -0.3 is 15.5 Å². The van der Waals surface area contributed by atoms with E-state index in [9.17, 15) is 0 Å². The zero-order valence-corrected chi connectivity index (χ0v) is 17.4. The molecule has 0 saturated carbocycles. The molecule has 0 amide bonds. The summed E-state index contributed by atoms with van der Waals surface area (Å²) < 4.78 is 0.344. The van der Waals surface area contributed by atoms with Crippen LogP contribution < -0.4 is 10.6 Å². The van der Waals surface area contributed by atoms with E-state index >= 15 is 0 Å². The Morgan fingerprint density at radius 1 is 1.38 bits per heavy atom. The first-order chi connectivity index (χ1) is 9.47. The molecular weight excluding hydrogens is 395 g/mol. The van der Waals surface area contributed by atoms with E-state index in [0.29, 0.717) is 10.8 Å². The molecule has 4 nitrogen and oxygen atoms in total. The molecule has 1 unspecified atom stereocenters. The molecule has 0 radical (unpaired) electrons. The van der Waals surface area contributed by atoms with Crippen LogP contribution in [0.2, 0.25) is 0 Å². The Morgan fingerprint density at radius 2 is 2.10 bits per heavy atom. The molecule has 1 saturated heterocycles. The lowest BCUT2D eigenvalue weighted by atomic mass is 10.1. The van der Waals surface area contributed by atoms with Crippen LogP contribution in [0.4, 0.5) is 0 Å². The van der Waals surface area contributed by atoms with Gasteiger partial charge in [0.1, 0.15) is 0 Å². The van der Waals surface area contributed by atoms with E-state index in [1.165, 1.54) is 18.6 Å². The molecule has 1 atom stereocenters. The maximum absolute atomic E-state index is 4.76. The highest BCUT2D eigenvalue weighted by Gasteiger charge is 2.29. The Hall–Kier alpha value is 0.310. The van der Waals surface area contributed by atoms with Gasteiger partial charge in [0, 0.05) is 30.4 Å². The molecule has 21 heavy (non-hydrogen) atoms. The van der Waals surface area contributed by atoms with Crippen molar-refractivity contribution >= 4 is 41.7 Å². The van der Waals surface area contributed by atoms with Crippen molar-refractivity contribution in [3.63, 3.8) is 0 Å². The number of hydrogen-bond donors (Lipinski definition) is 2. The zero-order chi connectivity index (χ0) is 15.0. The Kier molecular flexibility index (Phi) is 11.1. The van der Waals surface area contributed by atoms with Gasteiger partial charge in [-0.2, -0.15) is 11.8 Å². The number of hydrogen-bond acceptors (Lipinski definition) is 3. The third-order valence-corrected chi connectivity index (χ3v) is 5.38. The molecule has 0 aromatic rings. The van der Waals surface area contributed by atoms with E-state index in [2.05, 4.69) is 62.0 Å². The van der Waals surface area contributed by atoms with Gasteiger partial charge in [0.25, 0.3) is 0 Å². The molecular formula is C15H33IN4S. The quantitative estimate of drug-likeness (QED) is 0.372. The first kappa shape index (κ1) is 21.3. The molecule has 126 valence electrons. The van der Waals surface area contributed by atoms with Crippen LogP contribution in [-0.2, 0) is 0 Å². The molecule has 1 aliphatic rings. The fourth-order valence-corrected chi connectivity index (χ4v) is 3.38. The molecule has 2 N–H and O–H groups in total. The molecule has 0 aromatic heterocycles. The van der Waals surface area contributed by atoms with Crippen LogP contribution >= 0.6 is 35.7 Å². The average molecular weight is 428 g/mol. The third-order valence-electron chi connectivity index (χ3n) is 3.85. The monoisotopic (exact) mass is 428 g/mol. The van der Waals surface area contributed by atoms with E-state index in [-0.39, 0.29) is 24.0 Å². The Labute approximate surface area is 152 Å². The van der Waals surface area contributed by atoms with Gasteiger partial charge in [-0.25, -0.2) is 0 Å². The first-order valence-corrected chi connectivity index (χ1v) is 8.82. The third kappa shape index (κ3) is 8.50. The van der Waals surface area contributed by atoms with E-state index in [4.69, 9.17) is 4.99 Å². The molecule has 0 aromatic carbocycles. The topological polar surface area (TPSA) is 39.7 Å². The van der Waals surface area contributed by atoms with Crippen molar-refractivity contribution in [1.82, 2.24) is 15.5 Å². The van der Waals surface area contributed by atoms with Gasteiger partial charge >= 0.3 is 0 Å². The SMILES string of the molecule is CCNC(=NCC1(C)CCCS1)NCCN(C)C(C)C.I. The van der Waals surface area contributed by atoms with Crippen molar-refractivity contribution in [2.24, 2.45) is 4.99 Å². The second-order valence-electron chi connectivity index (χ2n) is 6.10. The second kappa shape index (κ2) is 10.9. The minimum absolute atomic E-state index is 0. The van der Waals surface area contributed by atoms with E-state index in [1.54, 1.807) is 0 Å². The highest BCUT2D eigenvalue weighted by Crippen LogP contribution is 2.37. The van der Waals surface area contributed by atoms with Gasteiger partial charge in [-0.15, -0.1) is 24.0 Å². The van der Waals surface area contributed by atoms with Crippen LogP contribution in [0.15, 0.2) is 4.99 Å². The van der Waals surface area contributed by atoms with Gasteiger partial charge in [0.15, 0.2) is 5.96 Å². The summed E-state index contributed by atoms with van der Waals surface area (Å²) in [6, 6.07) is 0.588. The zero-order valence-electron chi connectivity index (χ0n) is 14.2. The lowest BCUT2D eigenvalue weighted by Crippen LogP contribution is -2.42. The summed E-state index contributed by atoms with van der Waals surface area (Å²) in [7, 11) is 2.16. The number of halogens is 1. The van der Waals surface area contributed by atoms with Gasteiger partial charge in [0.2, 0.25) is 0 Å². The van der Waals surface area contributed by atoms with Crippen molar-refractivity contribution in [1.29, 1.82) is 0 Å². The maximum Gasteiger partial charge on any atom is 0.191 e. The number of aliphatic imine (C=N–C) groups is 1. The number of nitrogens with zero attached hydrogens (tertiary/aromatic N) is 2. The number of rotatable bonds is 7. The van der Waals surface area contributed by atoms with Crippen LogP contribution in [0.3, 0.4) is 0 Å². The highest BCUT2D eigenvalue weighted by molar-refractivity contribution is 14.0. The summed E-state index contributed by atoms with van der Waals surface area (Å²) in [5.74, 6) is 2.24. The summed E-state index contributed by atoms with van der Waals surface area (Å²) in [5, 5.41) is 6.77. The summed E-state index contributed by atoms with van der Waals surface area (Å²) in [4.78, 5) is 7.10. The van der Waals surface area contributed by atoms with Gasteiger partial charge in [-0.3, -0.25) is 4.99 Å². The average Bonchev–Trinajstić information content (AvgIpc) is 2.83. The van der Waals surface area contributed by atoms with Crippen LogP contribution in [0.5, 0.6) is 0 Å². The smallest absolute Gasteiger partial charge is 0.191 e. The van der Waals surface area contributed by atoms with Crippen LogP contribution in [0.1, 0.15) is 40.5 Å². The fourth-order valence-electron chi connectivity index (χ4n) is 2.16. The summed E-state index contributed by atoms with van der Waals surface area (Å²) in [6.45, 7) is 12.7. The molecule has 1 aliphatic heterocycles. The number of nitrogens with one attached hydrogen (secondary N) is 2. The van der Waals surface area contributed by atoms with Gasteiger partial charge in [-0.1, -0.05) is 0 Å². The largest absolute Gasteiger partial charge is 0.357 e. The standard InChI is InChI=1S/C15H32N4S.HI/c1-6-16-14(17-9-10-19(5)13(2)3)18-12-15(4)8-7-11-20-15;/h13H,6-12H2,1-5H3,(H2,16,17,18);1H. The molecule has 1 rings (SSSR count). The minimum Gasteiger partial charge on any atom is -0.357 e. The molecule has 0 bridgehead atoms. The first-order valence-electron chi connectivity index (χ1n) is 7.83. The predicted molar refractivity (Wildman–Crippen MR) is 107 cm³/mol. The van der Waals surface area contributed by atoms with E-state index in [0.717, 1.165) is 32.1 Å². The van der Waals surface area contributed by atoms with Gasteiger partial charge in [-0.05, 0) is 53.3 Å². The van der Waals surface area contributed by atoms with Crippen molar-refractivity contribution in [2.45, 2.75) is 51.3 Å². The van der Waals surface area contributed by atoms with Crippen molar-refractivity contribution < 1.29 is 0 Å². The van der Waals surface area contributed by atoms with E-state index < -0.39 is 0 Å². The highest BCUT2D eigenvalue weighted by atomic mass is 127. The molecule has 1 heterocycles. The number of guanidine groups is 1. The Morgan fingerprint density at radius 3 is 2.62 bits per heavy atom. The minimum atomic E-state index is 0. The van der Waals surface area contributed by atoms with Crippen molar-refractivity contribution in [2.75, 3.05) is 39.0 Å². The molecule has 6 heteroatoms. The second-order valence-corrected chi connectivity index (χ2v) is 7.78. The Balaban J connectivity index is 0.00000400. The van der Waals surface area contributed by atoms with Gasteiger partial charge in [0.05, 0.1) is 6.54 Å². The molecule has 0 spiro atoms. The van der Waals surface area contributed by atoms with Crippen LogP contribution in [0, 0.1) is 0 Å². The van der Waals surface area contributed by atoms with Crippen molar-refractivity contribution in [3.05, 3.63) is 0 Å². The number of thioether (sulfide) groups is 1. The summed E-state index contributed by atoms with van der Waals surface area (Å²) in [5.41, 5.74) is 0. The molecule has 1 fully saturated rings. The lowest BCUT2D eigenvalue weighted by molar-refractivity contribution is 0.278. The van der Waals surface area contributed by atoms with E-state index in [1.807, 2.05) is 0 Å². The number of likely N-dealkylation sites (N-methyl/N-ethyl adjacent to an activating group) is 1. The lowest BCUT2D eigenvalue weighted by Gasteiger charge is -2.23. The predicted octanol–water partition coefficient (Wildman–Crippen LogP) is 2.79. The van der Waals surface area contributed by atoms with Crippen LogP contribution in [-0.4, -0.2) is 60.6 Å². The summed E-state index contributed by atoms with van der Waals surface area (Å²) >= 11 is 2.07. The molecule has 0 aliphatic carbocycles.